The van der Waals surface area contributed by atoms with Crippen LogP contribution in [0.3, 0.4) is 0 Å². The molecule has 0 saturated heterocycles. The Bertz CT molecular complexity index is 1370. The number of fused-ring (bicyclic) bond motifs is 5. The zero-order valence-corrected chi connectivity index (χ0v) is 18.6. The van der Waals surface area contributed by atoms with E-state index in [0.29, 0.717) is 51.6 Å². The minimum Gasteiger partial charge on any atom is -0.493 e. The van der Waals surface area contributed by atoms with Crippen LogP contribution >= 0.6 is 0 Å². The van der Waals surface area contributed by atoms with E-state index < -0.39 is 5.97 Å². The molecule has 3 heterocycles. The third kappa shape index (κ3) is 3.29. The van der Waals surface area contributed by atoms with Gasteiger partial charge in [0.05, 0.1) is 32.4 Å². The van der Waals surface area contributed by atoms with Crippen molar-refractivity contribution < 1.29 is 28.5 Å². The fourth-order valence-electron chi connectivity index (χ4n) is 4.60. The summed E-state index contributed by atoms with van der Waals surface area (Å²) in [6.45, 7) is 0.666. The highest BCUT2D eigenvalue weighted by molar-refractivity contribution is 6.02. The van der Waals surface area contributed by atoms with Gasteiger partial charge in [-0.3, -0.25) is 4.79 Å². The molecule has 170 valence electrons. The number of rotatable bonds is 4. The monoisotopic (exact) mass is 449 g/mol. The summed E-state index contributed by atoms with van der Waals surface area (Å²) < 4.78 is 28.8. The van der Waals surface area contributed by atoms with Gasteiger partial charge in [-0.1, -0.05) is 0 Å². The lowest BCUT2D eigenvalue weighted by molar-refractivity contribution is -0.134. The predicted molar refractivity (Wildman–Crippen MR) is 122 cm³/mol. The minimum absolute atomic E-state index is 0.162. The van der Waals surface area contributed by atoms with Crippen LogP contribution in [0.25, 0.3) is 28.1 Å². The molecule has 0 bridgehead atoms. The molecule has 1 aromatic heterocycles. The van der Waals surface area contributed by atoms with Crippen LogP contribution in [0.4, 0.5) is 0 Å². The van der Waals surface area contributed by atoms with Crippen LogP contribution in [0.2, 0.25) is 0 Å². The quantitative estimate of drug-likeness (QED) is 0.445. The molecule has 8 heteroatoms. The van der Waals surface area contributed by atoms with Crippen molar-refractivity contribution in [3.63, 3.8) is 0 Å². The molecular weight excluding hydrogens is 426 g/mol. The Labute approximate surface area is 189 Å². The van der Waals surface area contributed by atoms with Crippen molar-refractivity contribution in [1.29, 1.82) is 0 Å². The van der Waals surface area contributed by atoms with Crippen molar-refractivity contribution in [2.45, 2.75) is 19.4 Å². The number of carbonyl (C=O) groups is 1. The van der Waals surface area contributed by atoms with E-state index in [2.05, 4.69) is 0 Å². The van der Waals surface area contributed by atoms with Crippen LogP contribution in [0.1, 0.15) is 17.5 Å². The van der Waals surface area contributed by atoms with Crippen molar-refractivity contribution in [3.05, 3.63) is 51.8 Å². The van der Waals surface area contributed by atoms with E-state index in [-0.39, 0.29) is 12.4 Å². The average Bonchev–Trinajstić information content (AvgIpc) is 3.21. The molecule has 0 saturated carbocycles. The molecule has 2 aromatic carbocycles. The summed E-state index contributed by atoms with van der Waals surface area (Å²) in [6, 6.07) is 7.46. The third-order valence-electron chi connectivity index (χ3n) is 6.09. The molecular formula is C25H23NO7. The van der Waals surface area contributed by atoms with Gasteiger partial charge in [-0.15, -0.1) is 0 Å². The number of benzene rings is 2. The van der Waals surface area contributed by atoms with Gasteiger partial charge in [0.15, 0.2) is 23.0 Å². The lowest BCUT2D eigenvalue weighted by Crippen LogP contribution is -2.23. The summed E-state index contributed by atoms with van der Waals surface area (Å²) in [4.78, 5) is 25.8. The standard InChI is InChI=1S/C25H23NO7/c1-29-18-8-6-15-16(7-9-21(27)30-2)23-17-12-20-19(32-13-33-20)11-14(17)5-4-10-26(23)25(28)22(15)24(18)31-3/h6-9,11-12H,4-5,10,13H2,1-3H3/b9-7+. The Kier molecular flexibility index (Phi) is 5.20. The molecule has 2 aliphatic heterocycles. The van der Waals surface area contributed by atoms with E-state index in [1.54, 1.807) is 16.7 Å². The fraction of sp³-hybridized carbons (Fsp3) is 0.280. The maximum absolute atomic E-state index is 13.8. The number of esters is 1. The second kappa shape index (κ2) is 8.20. The van der Waals surface area contributed by atoms with Crippen LogP contribution < -0.4 is 24.5 Å². The van der Waals surface area contributed by atoms with Crippen LogP contribution in [0, 0.1) is 0 Å². The number of hydrogen-bond acceptors (Lipinski definition) is 7. The molecule has 3 aromatic rings. The normalized spacial score (nSPS) is 14.0. The number of nitrogens with zero attached hydrogens (tertiary/aromatic N) is 1. The highest BCUT2D eigenvalue weighted by atomic mass is 16.7. The summed E-state index contributed by atoms with van der Waals surface area (Å²) in [6.07, 6.45) is 4.57. The van der Waals surface area contributed by atoms with E-state index in [4.69, 9.17) is 23.7 Å². The molecule has 8 nitrogen and oxygen atoms in total. The first-order chi connectivity index (χ1) is 16.1. The van der Waals surface area contributed by atoms with Gasteiger partial charge in [0.2, 0.25) is 6.79 Å². The van der Waals surface area contributed by atoms with Gasteiger partial charge in [0, 0.05) is 29.1 Å². The zero-order chi connectivity index (χ0) is 23.1. The van der Waals surface area contributed by atoms with E-state index in [9.17, 15) is 9.59 Å². The van der Waals surface area contributed by atoms with Crippen LogP contribution in [0.5, 0.6) is 23.0 Å². The Morgan fingerprint density at radius 2 is 1.88 bits per heavy atom. The van der Waals surface area contributed by atoms with E-state index in [0.717, 1.165) is 24.0 Å². The topological polar surface area (TPSA) is 85.2 Å². The molecule has 0 spiro atoms. The molecule has 0 radical (unpaired) electrons. The molecule has 0 aliphatic carbocycles. The minimum atomic E-state index is -0.492. The predicted octanol–water partition coefficient (Wildman–Crippen LogP) is 3.55. The van der Waals surface area contributed by atoms with Crippen LogP contribution in [0.15, 0.2) is 35.1 Å². The lowest BCUT2D eigenvalue weighted by Gasteiger charge is -2.20. The van der Waals surface area contributed by atoms with Crippen molar-refractivity contribution in [2.75, 3.05) is 28.1 Å². The molecule has 33 heavy (non-hydrogen) atoms. The van der Waals surface area contributed by atoms with Gasteiger partial charge in [-0.25, -0.2) is 4.79 Å². The lowest BCUT2D eigenvalue weighted by atomic mass is 9.94. The number of methoxy groups -OCH3 is 3. The summed E-state index contributed by atoms with van der Waals surface area (Å²) in [5.41, 5.74) is 3.16. The maximum Gasteiger partial charge on any atom is 0.330 e. The van der Waals surface area contributed by atoms with Gasteiger partial charge in [0.25, 0.3) is 5.56 Å². The number of aryl methyl sites for hydroxylation is 1. The third-order valence-corrected chi connectivity index (χ3v) is 6.09. The summed E-state index contributed by atoms with van der Waals surface area (Å²) in [7, 11) is 4.36. The SMILES string of the molecule is COC(=O)/C=C/c1c2n(c(=O)c3c(OC)c(OC)ccc13)CCCc1cc3c(cc1-2)OCO3. The average molecular weight is 449 g/mol. The summed E-state index contributed by atoms with van der Waals surface area (Å²) in [5, 5.41) is 1.05. The van der Waals surface area contributed by atoms with Crippen molar-refractivity contribution in [3.8, 4) is 34.3 Å². The number of pyridine rings is 1. The number of aromatic nitrogens is 1. The smallest absolute Gasteiger partial charge is 0.330 e. The van der Waals surface area contributed by atoms with Crippen molar-refractivity contribution in [2.24, 2.45) is 0 Å². The fourth-order valence-corrected chi connectivity index (χ4v) is 4.60. The molecule has 5 rings (SSSR count). The van der Waals surface area contributed by atoms with Gasteiger partial charge in [0.1, 0.15) is 0 Å². The highest BCUT2D eigenvalue weighted by Crippen LogP contribution is 2.44. The van der Waals surface area contributed by atoms with Crippen molar-refractivity contribution >= 4 is 22.8 Å². The van der Waals surface area contributed by atoms with Crippen molar-refractivity contribution in [1.82, 2.24) is 4.57 Å². The number of ether oxygens (including phenoxy) is 5. The second-order valence-corrected chi connectivity index (χ2v) is 7.77. The molecule has 0 N–H and O–H groups in total. The first-order valence-electron chi connectivity index (χ1n) is 10.6. The number of carbonyl (C=O) groups excluding carboxylic acids is 1. The van der Waals surface area contributed by atoms with Gasteiger partial charge in [-0.2, -0.15) is 0 Å². The summed E-state index contributed by atoms with van der Waals surface area (Å²) in [5.74, 6) is 1.66. The second-order valence-electron chi connectivity index (χ2n) is 7.77. The Balaban J connectivity index is 1.92. The molecule has 0 atom stereocenters. The molecule has 0 unspecified atom stereocenters. The Morgan fingerprint density at radius 3 is 2.61 bits per heavy atom. The van der Waals surface area contributed by atoms with Crippen LogP contribution in [-0.4, -0.2) is 38.7 Å². The molecule has 0 fully saturated rings. The zero-order valence-electron chi connectivity index (χ0n) is 18.6. The molecule has 2 aliphatic rings. The number of hydrogen-bond donors (Lipinski definition) is 0. The first-order valence-corrected chi connectivity index (χ1v) is 10.6. The Morgan fingerprint density at radius 1 is 1.09 bits per heavy atom. The van der Waals surface area contributed by atoms with Crippen LogP contribution in [-0.2, 0) is 22.5 Å². The van der Waals surface area contributed by atoms with Gasteiger partial charge < -0.3 is 28.3 Å². The van der Waals surface area contributed by atoms with Gasteiger partial charge >= 0.3 is 5.97 Å². The Hall–Kier alpha value is -3.94. The van der Waals surface area contributed by atoms with Gasteiger partial charge in [-0.05, 0) is 48.7 Å². The largest absolute Gasteiger partial charge is 0.493 e. The first kappa shape index (κ1) is 20.9. The van der Waals surface area contributed by atoms with E-state index in [1.807, 2.05) is 18.2 Å². The highest BCUT2D eigenvalue weighted by Gasteiger charge is 2.27. The summed E-state index contributed by atoms with van der Waals surface area (Å²) >= 11 is 0. The van der Waals surface area contributed by atoms with E-state index >= 15 is 0 Å². The van der Waals surface area contributed by atoms with E-state index in [1.165, 1.54) is 27.4 Å². The maximum atomic E-state index is 13.8. The molecule has 0 amide bonds.